The zero-order valence-corrected chi connectivity index (χ0v) is 20.7. The van der Waals surface area contributed by atoms with E-state index in [0.29, 0.717) is 37.8 Å². The molecule has 0 radical (unpaired) electrons. The first kappa shape index (κ1) is 26.1. The summed E-state index contributed by atoms with van der Waals surface area (Å²) < 4.78 is 35.2. The normalized spacial score (nSPS) is 15.6. The van der Waals surface area contributed by atoms with Crippen LogP contribution in [0.5, 0.6) is 0 Å². The predicted molar refractivity (Wildman–Crippen MR) is 133 cm³/mol. The van der Waals surface area contributed by atoms with Crippen molar-refractivity contribution >= 4 is 28.1 Å². The number of halogens is 2. The van der Waals surface area contributed by atoms with Crippen molar-refractivity contribution < 1.29 is 28.5 Å². The number of carbonyl (C=O) groups is 1. The fourth-order valence-corrected chi connectivity index (χ4v) is 5.18. The molecule has 1 aliphatic rings. The highest BCUT2D eigenvalue weighted by molar-refractivity contribution is 7.20. The quantitative estimate of drug-likeness (QED) is 0.360. The monoisotopic (exact) mass is 518 g/mol. The number of aromatic nitrogens is 1. The van der Waals surface area contributed by atoms with Crippen molar-refractivity contribution in [2.45, 2.75) is 25.5 Å². The van der Waals surface area contributed by atoms with Gasteiger partial charge in [-0.3, -0.25) is 9.69 Å². The van der Waals surface area contributed by atoms with Gasteiger partial charge in [-0.1, -0.05) is 6.07 Å². The number of thiophene rings is 1. The van der Waals surface area contributed by atoms with Crippen molar-refractivity contribution in [1.82, 2.24) is 9.88 Å². The number of hydrogen-bond acceptors (Lipinski definition) is 8. The largest absolute Gasteiger partial charge is 0.394 e. The summed E-state index contributed by atoms with van der Waals surface area (Å²) in [7, 11) is 0. The lowest BCUT2D eigenvalue weighted by molar-refractivity contribution is 0.00158. The number of ether oxygens (including phenoxy) is 1. The van der Waals surface area contributed by atoms with E-state index in [2.05, 4.69) is 15.2 Å². The molecule has 11 heteroatoms. The molecule has 4 rings (SSSR count). The van der Waals surface area contributed by atoms with E-state index in [1.54, 1.807) is 18.2 Å². The lowest BCUT2D eigenvalue weighted by Gasteiger charge is -2.33. The first-order valence-electron chi connectivity index (χ1n) is 11.4. The van der Waals surface area contributed by atoms with Gasteiger partial charge in [0.1, 0.15) is 22.5 Å². The Morgan fingerprint density at radius 2 is 1.92 bits per heavy atom. The number of rotatable bonds is 8. The third kappa shape index (κ3) is 5.55. The molecule has 2 aromatic heterocycles. The summed E-state index contributed by atoms with van der Waals surface area (Å²) in [6.45, 7) is 5.19. The second-order valence-electron chi connectivity index (χ2n) is 9.01. The molecule has 1 atom stereocenters. The highest BCUT2D eigenvalue weighted by Gasteiger charge is 2.26. The van der Waals surface area contributed by atoms with Crippen LogP contribution in [0.3, 0.4) is 0 Å². The van der Waals surface area contributed by atoms with E-state index in [-0.39, 0.29) is 39.2 Å². The van der Waals surface area contributed by atoms with E-state index in [0.717, 1.165) is 23.5 Å². The lowest BCUT2D eigenvalue weighted by Crippen LogP contribution is -2.40. The standard InChI is InChI=1S/C25H28F2N4O4S/c1-25(2,34)14-10-16(26)22(17(27)11-14)20-12-15(23(28)33)24(36-20)30-21-5-3-4-18(29-21)19(13-32)31-6-8-35-9-7-31/h3-5,10-12,19,32,34H,6-9,13H2,1-2H3,(H2,28,33)(H,29,30)/t19-/m0/s1. The summed E-state index contributed by atoms with van der Waals surface area (Å²) in [6.07, 6.45) is 0. The summed E-state index contributed by atoms with van der Waals surface area (Å²) in [6, 6.07) is 8.38. The molecule has 0 unspecified atom stereocenters. The third-order valence-electron chi connectivity index (χ3n) is 6.01. The highest BCUT2D eigenvalue weighted by Crippen LogP contribution is 2.40. The zero-order chi connectivity index (χ0) is 26.0. The van der Waals surface area contributed by atoms with Crippen molar-refractivity contribution in [1.29, 1.82) is 0 Å². The van der Waals surface area contributed by atoms with Crippen LogP contribution in [0.15, 0.2) is 36.4 Å². The Balaban J connectivity index is 1.67. The summed E-state index contributed by atoms with van der Waals surface area (Å²) in [5, 5.41) is 23.4. The third-order valence-corrected chi connectivity index (χ3v) is 7.07. The molecule has 3 aromatic rings. The maximum atomic E-state index is 14.9. The molecule has 8 nitrogen and oxygen atoms in total. The molecule has 0 bridgehead atoms. The second-order valence-corrected chi connectivity index (χ2v) is 10.1. The molecule has 1 amide bonds. The summed E-state index contributed by atoms with van der Waals surface area (Å²) in [5.74, 6) is -2.13. The number of amides is 1. The van der Waals surface area contributed by atoms with Gasteiger partial charge in [0, 0.05) is 18.0 Å². The molecule has 36 heavy (non-hydrogen) atoms. The minimum absolute atomic E-state index is 0.0551. The van der Waals surface area contributed by atoms with Crippen LogP contribution in [-0.2, 0) is 10.3 Å². The van der Waals surface area contributed by atoms with Crippen LogP contribution in [0.25, 0.3) is 10.4 Å². The van der Waals surface area contributed by atoms with Crippen LogP contribution in [0.2, 0.25) is 0 Å². The van der Waals surface area contributed by atoms with E-state index in [9.17, 15) is 23.8 Å². The number of pyridine rings is 1. The number of nitrogens with two attached hydrogens (primary N) is 1. The number of primary amides is 1. The first-order chi connectivity index (χ1) is 17.1. The molecule has 1 fully saturated rings. The van der Waals surface area contributed by atoms with E-state index in [1.165, 1.54) is 19.9 Å². The molecule has 192 valence electrons. The van der Waals surface area contributed by atoms with Crippen LogP contribution in [0, 0.1) is 11.6 Å². The molecule has 1 aliphatic heterocycles. The smallest absolute Gasteiger partial charge is 0.251 e. The van der Waals surface area contributed by atoms with Crippen molar-refractivity contribution in [3.63, 3.8) is 0 Å². The van der Waals surface area contributed by atoms with Crippen LogP contribution in [-0.4, -0.2) is 58.9 Å². The van der Waals surface area contributed by atoms with E-state index >= 15 is 0 Å². The average molecular weight is 519 g/mol. The van der Waals surface area contributed by atoms with Gasteiger partial charge in [-0.2, -0.15) is 0 Å². The van der Waals surface area contributed by atoms with Crippen LogP contribution in [0.1, 0.15) is 41.5 Å². The van der Waals surface area contributed by atoms with Gasteiger partial charge in [-0.25, -0.2) is 13.8 Å². The molecule has 1 saturated heterocycles. The molecule has 1 aromatic carbocycles. The minimum atomic E-state index is -1.43. The number of aliphatic hydroxyl groups excluding tert-OH is 1. The first-order valence-corrected chi connectivity index (χ1v) is 12.2. The van der Waals surface area contributed by atoms with Crippen LogP contribution in [0.4, 0.5) is 19.6 Å². The maximum Gasteiger partial charge on any atom is 0.251 e. The predicted octanol–water partition coefficient (Wildman–Crippen LogP) is 3.52. The van der Waals surface area contributed by atoms with Gasteiger partial charge >= 0.3 is 0 Å². The highest BCUT2D eigenvalue weighted by atomic mass is 32.1. The van der Waals surface area contributed by atoms with Gasteiger partial charge in [-0.05, 0) is 49.7 Å². The Labute approximate surface area is 211 Å². The number of nitrogens with one attached hydrogen (secondary N) is 1. The SMILES string of the molecule is CC(C)(O)c1cc(F)c(-c2cc(C(N)=O)c(Nc3cccc([C@H](CO)N4CCOCC4)n3)s2)c(F)c1. The summed E-state index contributed by atoms with van der Waals surface area (Å²) >= 11 is 0.955. The Hall–Kier alpha value is -2.96. The number of hydrogen-bond donors (Lipinski definition) is 4. The van der Waals surface area contributed by atoms with Gasteiger partial charge in [0.2, 0.25) is 0 Å². The minimum Gasteiger partial charge on any atom is -0.394 e. The number of benzene rings is 1. The number of morpholine rings is 1. The number of anilines is 2. The molecular weight excluding hydrogens is 490 g/mol. The van der Waals surface area contributed by atoms with Gasteiger partial charge in [-0.15, -0.1) is 11.3 Å². The van der Waals surface area contributed by atoms with Crippen LogP contribution >= 0.6 is 11.3 Å². The molecule has 0 saturated carbocycles. The fourth-order valence-electron chi connectivity index (χ4n) is 4.06. The Morgan fingerprint density at radius 1 is 1.25 bits per heavy atom. The van der Waals surface area contributed by atoms with Crippen molar-refractivity contribution in [3.05, 3.63) is 64.9 Å². The Bertz CT molecular complexity index is 1230. The average Bonchev–Trinajstić information content (AvgIpc) is 3.23. The molecule has 0 aliphatic carbocycles. The van der Waals surface area contributed by atoms with E-state index in [1.807, 2.05) is 0 Å². The zero-order valence-electron chi connectivity index (χ0n) is 19.9. The molecule has 5 N–H and O–H groups in total. The fraction of sp³-hybridized carbons (Fsp3) is 0.360. The number of carbonyl (C=O) groups excluding carboxylic acids is 1. The van der Waals surface area contributed by atoms with Crippen molar-refractivity contribution in [2.24, 2.45) is 5.73 Å². The molecule has 0 spiro atoms. The van der Waals surface area contributed by atoms with Crippen LogP contribution < -0.4 is 11.1 Å². The topological polar surface area (TPSA) is 121 Å². The molecule has 3 heterocycles. The van der Waals surface area contributed by atoms with Crippen molar-refractivity contribution in [2.75, 3.05) is 38.2 Å². The van der Waals surface area contributed by atoms with Gasteiger partial charge < -0.3 is 26.0 Å². The summed E-state index contributed by atoms with van der Waals surface area (Å²) in [5.41, 5.74) is 4.57. The van der Waals surface area contributed by atoms with E-state index < -0.39 is 23.1 Å². The maximum absolute atomic E-state index is 14.9. The summed E-state index contributed by atoms with van der Waals surface area (Å²) in [4.78, 5) is 19.0. The van der Waals surface area contributed by atoms with E-state index in [4.69, 9.17) is 10.5 Å². The second kappa shape index (κ2) is 10.6. The lowest BCUT2D eigenvalue weighted by atomic mass is 9.96. The van der Waals surface area contributed by atoms with Gasteiger partial charge in [0.05, 0.1) is 48.3 Å². The Kier molecular flexibility index (Phi) is 7.67. The van der Waals surface area contributed by atoms with Crippen molar-refractivity contribution in [3.8, 4) is 10.4 Å². The molecular formula is C25H28F2N4O4S. The van der Waals surface area contributed by atoms with Gasteiger partial charge in [0.15, 0.2) is 0 Å². The van der Waals surface area contributed by atoms with Gasteiger partial charge in [0.25, 0.3) is 5.91 Å². The number of nitrogens with zero attached hydrogens (tertiary/aromatic N) is 2. The Morgan fingerprint density at radius 3 is 2.50 bits per heavy atom. The number of aliphatic hydroxyl groups is 2.